The number of ether oxygens (including phenoxy) is 3. The Morgan fingerprint density at radius 1 is 1.29 bits per heavy atom. The Morgan fingerprint density at radius 3 is 2.54 bits per heavy atom. The lowest BCUT2D eigenvalue weighted by atomic mass is 10.2. The molecule has 1 atom stereocenters. The molecule has 0 N–H and O–H groups in total. The third-order valence-electron chi connectivity index (χ3n) is 3.05. The van der Waals surface area contributed by atoms with Gasteiger partial charge in [0.05, 0.1) is 12.2 Å². The van der Waals surface area contributed by atoms with Gasteiger partial charge in [-0.25, -0.2) is 9.59 Å². The van der Waals surface area contributed by atoms with Crippen molar-refractivity contribution in [3.8, 4) is 11.5 Å². The first kappa shape index (κ1) is 19.4. The van der Waals surface area contributed by atoms with Crippen molar-refractivity contribution < 1.29 is 28.6 Å². The van der Waals surface area contributed by atoms with Crippen molar-refractivity contribution in [3.63, 3.8) is 0 Å². The lowest BCUT2D eigenvalue weighted by molar-refractivity contribution is -0.160. The van der Waals surface area contributed by atoms with E-state index in [2.05, 4.69) is 6.58 Å². The standard InChI is InChI=1S/C18H22O6/c1-5-8-15(23-17(20)12(3)4)18(21)24-16-13(11-19)9-7-10-14(16)22-6-2/h7,9-11,15H,3,5-6,8H2,1-2,4H3. The summed E-state index contributed by atoms with van der Waals surface area (Å²) in [6.45, 7) is 8.94. The van der Waals surface area contributed by atoms with Gasteiger partial charge in [-0.05, 0) is 32.4 Å². The van der Waals surface area contributed by atoms with E-state index in [0.29, 0.717) is 25.7 Å². The third-order valence-corrected chi connectivity index (χ3v) is 3.05. The summed E-state index contributed by atoms with van der Waals surface area (Å²) in [7, 11) is 0. The normalized spacial score (nSPS) is 11.3. The van der Waals surface area contributed by atoms with Crippen molar-refractivity contribution in [1.82, 2.24) is 0 Å². The van der Waals surface area contributed by atoms with E-state index in [0.717, 1.165) is 0 Å². The Hall–Kier alpha value is -2.63. The first-order valence-corrected chi connectivity index (χ1v) is 7.73. The van der Waals surface area contributed by atoms with E-state index < -0.39 is 18.0 Å². The summed E-state index contributed by atoms with van der Waals surface area (Å²) in [4.78, 5) is 35.2. The largest absolute Gasteiger partial charge is 0.490 e. The maximum atomic E-state index is 12.4. The summed E-state index contributed by atoms with van der Waals surface area (Å²) in [6.07, 6.45) is 0.398. The second kappa shape index (κ2) is 9.50. The molecule has 1 rings (SSSR count). The fourth-order valence-corrected chi connectivity index (χ4v) is 1.89. The molecule has 130 valence electrons. The number of hydrogen-bond donors (Lipinski definition) is 0. The first-order chi connectivity index (χ1) is 11.4. The maximum Gasteiger partial charge on any atom is 0.353 e. The summed E-state index contributed by atoms with van der Waals surface area (Å²) in [5.41, 5.74) is 0.364. The van der Waals surface area contributed by atoms with Gasteiger partial charge < -0.3 is 14.2 Å². The molecule has 0 bridgehead atoms. The van der Waals surface area contributed by atoms with E-state index in [1.807, 2.05) is 6.92 Å². The van der Waals surface area contributed by atoms with Crippen molar-refractivity contribution in [2.24, 2.45) is 0 Å². The van der Waals surface area contributed by atoms with Crippen LogP contribution in [0.15, 0.2) is 30.4 Å². The summed E-state index contributed by atoms with van der Waals surface area (Å²) in [6, 6.07) is 4.72. The van der Waals surface area contributed by atoms with E-state index in [1.54, 1.807) is 19.1 Å². The highest BCUT2D eigenvalue weighted by Crippen LogP contribution is 2.31. The van der Waals surface area contributed by atoms with E-state index >= 15 is 0 Å². The Labute approximate surface area is 141 Å². The fourth-order valence-electron chi connectivity index (χ4n) is 1.89. The van der Waals surface area contributed by atoms with Crippen LogP contribution in [0.1, 0.15) is 44.0 Å². The number of rotatable bonds is 9. The lowest BCUT2D eigenvalue weighted by Gasteiger charge is -2.18. The second-order valence-electron chi connectivity index (χ2n) is 5.11. The predicted molar refractivity (Wildman–Crippen MR) is 88.2 cm³/mol. The van der Waals surface area contributed by atoms with Crippen LogP contribution >= 0.6 is 0 Å². The Morgan fingerprint density at radius 2 is 2.00 bits per heavy atom. The Kier molecular flexibility index (Phi) is 7.68. The van der Waals surface area contributed by atoms with Gasteiger partial charge in [-0.15, -0.1) is 0 Å². The molecule has 0 heterocycles. The van der Waals surface area contributed by atoms with Crippen LogP contribution in [0.25, 0.3) is 0 Å². The quantitative estimate of drug-likeness (QED) is 0.299. The highest BCUT2D eigenvalue weighted by atomic mass is 16.6. The molecule has 0 fully saturated rings. The van der Waals surface area contributed by atoms with Gasteiger partial charge in [-0.1, -0.05) is 26.0 Å². The molecule has 1 aromatic carbocycles. The molecule has 0 amide bonds. The molecule has 1 aromatic rings. The maximum absolute atomic E-state index is 12.4. The van der Waals surface area contributed by atoms with Crippen LogP contribution < -0.4 is 9.47 Å². The van der Waals surface area contributed by atoms with Crippen LogP contribution in [-0.4, -0.2) is 30.9 Å². The number of carbonyl (C=O) groups excluding carboxylic acids is 3. The Balaban J connectivity index is 3.03. The van der Waals surface area contributed by atoms with Crippen LogP contribution in [0.4, 0.5) is 0 Å². The molecule has 6 nitrogen and oxygen atoms in total. The zero-order valence-electron chi connectivity index (χ0n) is 14.2. The monoisotopic (exact) mass is 334 g/mol. The van der Waals surface area contributed by atoms with Gasteiger partial charge in [-0.3, -0.25) is 4.79 Å². The number of aldehydes is 1. The van der Waals surface area contributed by atoms with Crippen molar-refractivity contribution in [3.05, 3.63) is 35.9 Å². The average Bonchev–Trinajstić information content (AvgIpc) is 2.55. The number of esters is 2. The minimum atomic E-state index is -1.08. The first-order valence-electron chi connectivity index (χ1n) is 7.73. The fraction of sp³-hybridized carbons (Fsp3) is 0.389. The predicted octanol–water partition coefficient (Wildman–Crippen LogP) is 3.09. The minimum Gasteiger partial charge on any atom is -0.490 e. The number of carbonyl (C=O) groups is 3. The second-order valence-corrected chi connectivity index (χ2v) is 5.11. The Bertz CT molecular complexity index is 620. The van der Waals surface area contributed by atoms with Crippen molar-refractivity contribution in [2.75, 3.05) is 6.61 Å². The zero-order valence-corrected chi connectivity index (χ0v) is 14.2. The molecule has 0 aliphatic carbocycles. The van der Waals surface area contributed by atoms with Crippen molar-refractivity contribution in [2.45, 2.75) is 39.7 Å². The molecule has 24 heavy (non-hydrogen) atoms. The van der Waals surface area contributed by atoms with Crippen LogP contribution in [-0.2, 0) is 14.3 Å². The molecule has 0 radical (unpaired) electrons. The topological polar surface area (TPSA) is 78.9 Å². The van der Waals surface area contributed by atoms with Crippen LogP contribution in [0, 0.1) is 0 Å². The number of hydrogen-bond acceptors (Lipinski definition) is 6. The molecule has 0 aliphatic heterocycles. The smallest absolute Gasteiger partial charge is 0.353 e. The molecule has 0 aromatic heterocycles. The summed E-state index contributed by atoms with van der Waals surface area (Å²) >= 11 is 0. The number of benzene rings is 1. The van der Waals surface area contributed by atoms with Gasteiger partial charge in [0, 0.05) is 5.57 Å². The van der Waals surface area contributed by atoms with E-state index in [1.165, 1.54) is 13.0 Å². The van der Waals surface area contributed by atoms with E-state index in [-0.39, 0.29) is 22.6 Å². The molecular formula is C18H22O6. The highest BCUT2D eigenvalue weighted by molar-refractivity contribution is 5.90. The van der Waals surface area contributed by atoms with Gasteiger partial charge >= 0.3 is 11.9 Å². The number of para-hydroxylation sites is 1. The van der Waals surface area contributed by atoms with Crippen LogP contribution in [0.5, 0.6) is 11.5 Å². The zero-order chi connectivity index (χ0) is 18.1. The molecule has 6 heteroatoms. The van der Waals surface area contributed by atoms with Gasteiger partial charge in [0.25, 0.3) is 0 Å². The molecular weight excluding hydrogens is 312 g/mol. The van der Waals surface area contributed by atoms with E-state index in [4.69, 9.17) is 14.2 Å². The summed E-state index contributed by atoms with van der Waals surface area (Å²) in [5, 5.41) is 0. The minimum absolute atomic E-state index is 0.0202. The summed E-state index contributed by atoms with van der Waals surface area (Å²) < 4.78 is 15.8. The average molecular weight is 334 g/mol. The summed E-state index contributed by atoms with van der Waals surface area (Å²) in [5.74, 6) is -1.13. The van der Waals surface area contributed by atoms with Crippen molar-refractivity contribution in [1.29, 1.82) is 0 Å². The van der Waals surface area contributed by atoms with Crippen molar-refractivity contribution >= 4 is 18.2 Å². The molecule has 1 unspecified atom stereocenters. The highest BCUT2D eigenvalue weighted by Gasteiger charge is 2.26. The van der Waals surface area contributed by atoms with Crippen LogP contribution in [0.2, 0.25) is 0 Å². The van der Waals surface area contributed by atoms with Crippen LogP contribution in [0.3, 0.4) is 0 Å². The van der Waals surface area contributed by atoms with E-state index in [9.17, 15) is 14.4 Å². The van der Waals surface area contributed by atoms with Gasteiger partial charge in [0.2, 0.25) is 0 Å². The third kappa shape index (κ3) is 5.22. The molecule has 0 saturated heterocycles. The van der Waals surface area contributed by atoms with Gasteiger partial charge in [-0.2, -0.15) is 0 Å². The molecule has 0 saturated carbocycles. The SMILES string of the molecule is C=C(C)C(=O)OC(CCC)C(=O)Oc1c(C=O)cccc1OCC. The van der Waals surface area contributed by atoms with Gasteiger partial charge in [0.1, 0.15) is 0 Å². The van der Waals surface area contributed by atoms with Gasteiger partial charge in [0.15, 0.2) is 23.9 Å². The molecule has 0 spiro atoms. The lowest BCUT2D eigenvalue weighted by Crippen LogP contribution is -2.31. The molecule has 0 aliphatic rings.